The van der Waals surface area contributed by atoms with Crippen LogP contribution in [-0.4, -0.2) is 19.0 Å². The summed E-state index contributed by atoms with van der Waals surface area (Å²) in [6.07, 6.45) is 3.79. The maximum atomic E-state index is 11.6. The summed E-state index contributed by atoms with van der Waals surface area (Å²) in [5, 5.41) is 0. The van der Waals surface area contributed by atoms with Crippen molar-refractivity contribution >= 4 is 5.78 Å². The molecule has 0 saturated carbocycles. The summed E-state index contributed by atoms with van der Waals surface area (Å²) in [6.45, 7) is 14.2. The minimum absolute atomic E-state index is 0.202. The van der Waals surface area contributed by atoms with Crippen LogP contribution >= 0.6 is 0 Å². The van der Waals surface area contributed by atoms with Crippen LogP contribution in [0.4, 0.5) is 0 Å². The average molecular weight is 242 g/mol. The fourth-order valence-corrected chi connectivity index (χ4v) is 1.52. The molecule has 2 nitrogen and oxygen atoms in total. The van der Waals surface area contributed by atoms with Gasteiger partial charge >= 0.3 is 0 Å². The molecule has 0 aromatic heterocycles. The number of ether oxygens (including phenoxy) is 1. The van der Waals surface area contributed by atoms with Gasteiger partial charge in [-0.05, 0) is 24.7 Å². The molecule has 0 spiro atoms. The van der Waals surface area contributed by atoms with E-state index in [1.54, 1.807) is 0 Å². The lowest BCUT2D eigenvalue weighted by Gasteiger charge is -2.18. The summed E-state index contributed by atoms with van der Waals surface area (Å²) in [5.74, 6) is 0.329. The minimum Gasteiger partial charge on any atom is -0.381 e. The molecule has 0 fully saturated rings. The number of ketones is 1. The van der Waals surface area contributed by atoms with Crippen molar-refractivity contribution in [2.24, 2.45) is 10.8 Å². The van der Waals surface area contributed by atoms with Gasteiger partial charge in [0.05, 0.1) is 0 Å². The predicted molar refractivity (Wildman–Crippen MR) is 73.2 cm³/mol. The van der Waals surface area contributed by atoms with Gasteiger partial charge in [0.25, 0.3) is 0 Å². The fourth-order valence-electron chi connectivity index (χ4n) is 1.52. The molecule has 0 aliphatic heterocycles. The van der Waals surface area contributed by atoms with Crippen molar-refractivity contribution in [2.45, 2.75) is 67.2 Å². The first-order valence-electron chi connectivity index (χ1n) is 6.74. The molecule has 0 rings (SSSR count). The Morgan fingerprint density at radius 2 is 1.47 bits per heavy atom. The smallest absolute Gasteiger partial charge is 0.138 e. The monoisotopic (exact) mass is 242 g/mol. The maximum Gasteiger partial charge on any atom is 0.138 e. The first-order chi connectivity index (χ1) is 7.63. The Morgan fingerprint density at radius 3 is 1.94 bits per heavy atom. The maximum absolute atomic E-state index is 11.6. The summed E-state index contributed by atoms with van der Waals surface area (Å²) in [6, 6.07) is 0. The second-order valence-electron chi connectivity index (χ2n) is 7.05. The van der Waals surface area contributed by atoms with Gasteiger partial charge in [-0.3, -0.25) is 4.79 Å². The number of carbonyl (C=O) groups excluding carboxylic acids is 1. The summed E-state index contributed by atoms with van der Waals surface area (Å²) in [5.41, 5.74) is 0.192. The Bertz CT molecular complexity index is 218. The van der Waals surface area contributed by atoms with E-state index in [-0.39, 0.29) is 5.41 Å². The zero-order valence-electron chi connectivity index (χ0n) is 12.6. The third-order valence-electron chi connectivity index (χ3n) is 2.74. The Balaban J connectivity index is 3.39. The molecule has 0 N–H and O–H groups in total. The van der Waals surface area contributed by atoms with Crippen molar-refractivity contribution in [3.05, 3.63) is 0 Å². The Hall–Kier alpha value is -0.370. The lowest BCUT2D eigenvalue weighted by atomic mass is 9.88. The lowest BCUT2D eigenvalue weighted by Crippen LogP contribution is -2.20. The van der Waals surface area contributed by atoms with Gasteiger partial charge in [0.1, 0.15) is 5.78 Å². The predicted octanol–water partition coefficient (Wildman–Crippen LogP) is 4.22. The third-order valence-corrected chi connectivity index (χ3v) is 2.74. The van der Waals surface area contributed by atoms with Gasteiger partial charge in [0.2, 0.25) is 0 Å². The molecule has 0 aliphatic rings. The molecule has 0 bridgehead atoms. The van der Waals surface area contributed by atoms with E-state index in [0.29, 0.717) is 24.2 Å². The number of rotatable bonds is 7. The Morgan fingerprint density at radius 1 is 0.941 bits per heavy atom. The van der Waals surface area contributed by atoms with Crippen molar-refractivity contribution in [1.29, 1.82) is 0 Å². The summed E-state index contributed by atoms with van der Waals surface area (Å²) in [7, 11) is 0. The summed E-state index contributed by atoms with van der Waals surface area (Å²) >= 11 is 0. The number of hydrogen-bond donors (Lipinski definition) is 0. The first kappa shape index (κ1) is 16.6. The van der Waals surface area contributed by atoms with Gasteiger partial charge in [-0.1, -0.05) is 41.5 Å². The lowest BCUT2D eigenvalue weighted by molar-refractivity contribution is -0.126. The highest BCUT2D eigenvalue weighted by Crippen LogP contribution is 2.20. The second kappa shape index (κ2) is 7.15. The second-order valence-corrected chi connectivity index (χ2v) is 7.05. The molecular weight excluding hydrogens is 212 g/mol. The van der Waals surface area contributed by atoms with Crippen LogP contribution in [-0.2, 0) is 9.53 Å². The molecule has 17 heavy (non-hydrogen) atoms. The molecule has 0 aliphatic carbocycles. The Kier molecular flexibility index (Phi) is 6.99. The van der Waals surface area contributed by atoms with Crippen molar-refractivity contribution in [3.63, 3.8) is 0 Å². The number of carbonyl (C=O) groups is 1. The zero-order chi connectivity index (χ0) is 13.5. The highest BCUT2D eigenvalue weighted by Gasteiger charge is 2.19. The molecule has 0 saturated heterocycles. The highest BCUT2D eigenvalue weighted by atomic mass is 16.5. The number of Topliss-reactive ketones (excluding diaryl/α,β-unsaturated/α-hetero) is 1. The standard InChI is InChI=1S/C15H30O2/c1-14(2,3)10-8-12-17-11-7-9-13(16)15(4,5)6/h7-12H2,1-6H3. The van der Waals surface area contributed by atoms with Crippen LogP contribution in [0.25, 0.3) is 0 Å². The largest absolute Gasteiger partial charge is 0.381 e. The number of hydrogen-bond acceptors (Lipinski definition) is 2. The van der Waals surface area contributed by atoms with Gasteiger partial charge in [-0.2, -0.15) is 0 Å². The molecule has 2 heteroatoms. The normalized spacial score (nSPS) is 12.8. The molecule has 0 aromatic rings. The Labute approximate surface area is 107 Å². The van der Waals surface area contributed by atoms with Crippen LogP contribution < -0.4 is 0 Å². The molecule has 0 atom stereocenters. The quantitative estimate of drug-likeness (QED) is 0.625. The molecule has 0 heterocycles. The molecule has 0 amide bonds. The van der Waals surface area contributed by atoms with Crippen LogP contribution in [0, 0.1) is 10.8 Å². The minimum atomic E-state index is -0.202. The van der Waals surface area contributed by atoms with Crippen LogP contribution in [0.2, 0.25) is 0 Å². The van der Waals surface area contributed by atoms with Crippen LogP contribution in [0.15, 0.2) is 0 Å². The zero-order valence-corrected chi connectivity index (χ0v) is 12.6. The van der Waals surface area contributed by atoms with Crippen molar-refractivity contribution < 1.29 is 9.53 Å². The van der Waals surface area contributed by atoms with E-state index < -0.39 is 0 Å². The van der Waals surface area contributed by atoms with E-state index in [4.69, 9.17) is 4.74 Å². The molecule has 102 valence electrons. The van der Waals surface area contributed by atoms with Gasteiger partial charge in [-0.25, -0.2) is 0 Å². The molecule has 0 aromatic carbocycles. The van der Waals surface area contributed by atoms with Crippen molar-refractivity contribution in [2.75, 3.05) is 13.2 Å². The van der Waals surface area contributed by atoms with E-state index in [1.807, 2.05) is 20.8 Å². The van der Waals surface area contributed by atoms with E-state index in [9.17, 15) is 4.79 Å². The van der Waals surface area contributed by atoms with E-state index >= 15 is 0 Å². The molecule has 0 unspecified atom stereocenters. The van der Waals surface area contributed by atoms with Gasteiger partial charge in [0.15, 0.2) is 0 Å². The first-order valence-corrected chi connectivity index (χ1v) is 6.74. The van der Waals surface area contributed by atoms with Gasteiger partial charge in [0, 0.05) is 25.0 Å². The van der Waals surface area contributed by atoms with Crippen LogP contribution in [0.3, 0.4) is 0 Å². The van der Waals surface area contributed by atoms with Gasteiger partial charge in [-0.15, -0.1) is 0 Å². The molecular formula is C15H30O2. The summed E-state index contributed by atoms with van der Waals surface area (Å²) < 4.78 is 5.54. The van der Waals surface area contributed by atoms with Crippen LogP contribution in [0.5, 0.6) is 0 Å². The van der Waals surface area contributed by atoms with E-state index in [1.165, 1.54) is 6.42 Å². The van der Waals surface area contributed by atoms with E-state index in [0.717, 1.165) is 19.4 Å². The topological polar surface area (TPSA) is 26.3 Å². The van der Waals surface area contributed by atoms with E-state index in [2.05, 4.69) is 20.8 Å². The fraction of sp³-hybridized carbons (Fsp3) is 0.933. The van der Waals surface area contributed by atoms with Gasteiger partial charge < -0.3 is 4.74 Å². The summed E-state index contributed by atoms with van der Waals surface area (Å²) in [4.78, 5) is 11.6. The van der Waals surface area contributed by atoms with Crippen molar-refractivity contribution in [1.82, 2.24) is 0 Å². The third kappa shape index (κ3) is 10.5. The average Bonchev–Trinajstić information content (AvgIpc) is 2.12. The van der Waals surface area contributed by atoms with Crippen molar-refractivity contribution in [3.8, 4) is 0 Å². The molecule has 0 radical (unpaired) electrons. The highest BCUT2D eigenvalue weighted by molar-refractivity contribution is 5.83. The SMILES string of the molecule is CC(C)(C)CCCOCCCC(=O)C(C)(C)C. The van der Waals surface area contributed by atoms with Crippen LogP contribution in [0.1, 0.15) is 67.2 Å².